The summed E-state index contributed by atoms with van der Waals surface area (Å²) in [6.45, 7) is 0. The number of carbonyl (C=O) groups is 3. The number of aromatic amines is 1. The fraction of sp³-hybridized carbons (Fsp3) is 0.190. The van der Waals surface area contributed by atoms with Crippen molar-refractivity contribution < 1.29 is 23.9 Å². The van der Waals surface area contributed by atoms with Gasteiger partial charge in [-0.25, -0.2) is 9.59 Å². The lowest BCUT2D eigenvalue weighted by Gasteiger charge is -2.09. The molecule has 2 aromatic carbocycles. The zero-order valence-corrected chi connectivity index (χ0v) is 15.6. The van der Waals surface area contributed by atoms with Crippen LogP contribution >= 0.6 is 0 Å². The highest BCUT2D eigenvalue weighted by molar-refractivity contribution is 5.99. The Kier molecular flexibility index (Phi) is 5.74. The van der Waals surface area contributed by atoms with E-state index >= 15 is 0 Å². The highest BCUT2D eigenvalue weighted by Crippen LogP contribution is 2.20. The van der Waals surface area contributed by atoms with Crippen LogP contribution in [0.2, 0.25) is 0 Å². The Balaban J connectivity index is 1.73. The second-order valence-electron chi connectivity index (χ2n) is 6.19. The van der Waals surface area contributed by atoms with E-state index in [1.807, 2.05) is 30.5 Å². The number of aromatic nitrogens is 1. The zero-order valence-electron chi connectivity index (χ0n) is 15.6. The summed E-state index contributed by atoms with van der Waals surface area (Å²) in [5, 5.41) is 3.81. The van der Waals surface area contributed by atoms with Crippen molar-refractivity contribution in [2.45, 2.75) is 12.8 Å². The summed E-state index contributed by atoms with van der Waals surface area (Å²) in [6, 6.07) is 12.2. The number of methoxy groups -OCH3 is 2. The molecule has 7 nitrogen and oxygen atoms in total. The van der Waals surface area contributed by atoms with Crippen LogP contribution in [0.4, 0.5) is 5.69 Å². The number of fused-ring (bicyclic) bond motifs is 1. The highest BCUT2D eigenvalue weighted by atomic mass is 16.5. The zero-order chi connectivity index (χ0) is 20.1. The predicted octanol–water partition coefficient (Wildman–Crippen LogP) is 3.31. The van der Waals surface area contributed by atoms with E-state index in [1.54, 1.807) is 0 Å². The first-order valence-corrected chi connectivity index (χ1v) is 8.68. The maximum Gasteiger partial charge on any atom is 0.337 e. The molecule has 28 heavy (non-hydrogen) atoms. The van der Waals surface area contributed by atoms with Crippen LogP contribution in [0.3, 0.4) is 0 Å². The third-order valence-corrected chi connectivity index (χ3v) is 4.36. The average Bonchev–Trinajstić information content (AvgIpc) is 3.14. The van der Waals surface area contributed by atoms with Crippen LogP contribution in [0.1, 0.15) is 32.7 Å². The highest BCUT2D eigenvalue weighted by Gasteiger charge is 2.15. The summed E-state index contributed by atoms with van der Waals surface area (Å²) in [5.41, 5.74) is 2.69. The normalized spacial score (nSPS) is 10.5. The van der Waals surface area contributed by atoms with E-state index in [1.165, 1.54) is 32.4 Å². The average molecular weight is 380 g/mol. The minimum absolute atomic E-state index is 0.150. The van der Waals surface area contributed by atoms with E-state index in [4.69, 9.17) is 9.47 Å². The molecule has 1 heterocycles. The van der Waals surface area contributed by atoms with E-state index in [0.717, 1.165) is 16.5 Å². The number of aryl methyl sites for hydroxylation is 1. The van der Waals surface area contributed by atoms with Crippen LogP contribution in [-0.2, 0) is 20.7 Å². The van der Waals surface area contributed by atoms with Gasteiger partial charge in [0.15, 0.2) is 0 Å². The monoisotopic (exact) mass is 380 g/mol. The minimum atomic E-state index is -0.611. The lowest BCUT2D eigenvalue weighted by molar-refractivity contribution is -0.116. The molecule has 0 bridgehead atoms. The molecule has 2 N–H and O–H groups in total. The molecule has 0 spiro atoms. The van der Waals surface area contributed by atoms with Crippen molar-refractivity contribution in [3.63, 3.8) is 0 Å². The van der Waals surface area contributed by atoms with Gasteiger partial charge in [0, 0.05) is 29.2 Å². The number of H-pyrrole nitrogens is 1. The van der Waals surface area contributed by atoms with Gasteiger partial charge >= 0.3 is 11.9 Å². The Morgan fingerprint density at radius 3 is 2.25 bits per heavy atom. The summed E-state index contributed by atoms with van der Waals surface area (Å²) in [5.74, 6) is -1.46. The van der Waals surface area contributed by atoms with Gasteiger partial charge < -0.3 is 19.8 Å². The molecule has 0 aliphatic heterocycles. The van der Waals surface area contributed by atoms with Gasteiger partial charge in [0.25, 0.3) is 0 Å². The quantitative estimate of drug-likeness (QED) is 0.640. The topological polar surface area (TPSA) is 97.5 Å². The van der Waals surface area contributed by atoms with Crippen LogP contribution < -0.4 is 5.32 Å². The smallest absolute Gasteiger partial charge is 0.337 e. The fourth-order valence-electron chi connectivity index (χ4n) is 2.98. The first kappa shape index (κ1) is 19.2. The number of anilines is 1. The third-order valence-electron chi connectivity index (χ3n) is 4.36. The number of esters is 2. The fourth-order valence-corrected chi connectivity index (χ4v) is 2.98. The minimum Gasteiger partial charge on any atom is -0.465 e. The molecular weight excluding hydrogens is 360 g/mol. The summed E-state index contributed by atoms with van der Waals surface area (Å²) in [6.07, 6.45) is 2.69. The molecule has 0 fully saturated rings. The van der Waals surface area contributed by atoms with Gasteiger partial charge in [-0.2, -0.15) is 0 Å². The Hall–Kier alpha value is -3.61. The number of rotatable bonds is 6. The van der Waals surface area contributed by atoms with E-state index < -0.39 is 11.9 Å². The number of nitrogens with one attached hydrogen (secondary N) is 2. The van der Waals surface area contributed by atoms with Crippen LogP contribution in [0.15, 0.2) is 48.7 Å². The number of carbonyl (C=O) groups excluding carboxylic acids is 3. The molecule has 0 aliphatic rings. The van der Waals surface area contributed by atoms with Crippen LogP contribution in [0.25, 0.3) is 10.9 Å². The molecule has 0 radical (unpaired) electrons. The van der Waals surface area contributed by atoms with E-state index in [-0.39, 0.29) is 23.5 Å². The molecule has 0 atom stereocenters. The number of benzene rings is 2. The van der Waals surface area contributed by atoms with Crippen molar-refractivity contribution in [1.29, 1.82) is 0 Å². The van der Waals surface area contributed by atoms with Gasteiger partial charge in [-0.1, -0.05) is 18.2 Å². The van der Waals surface area contributed by atoms with Crippen LogP contribution in [-0.4, -0.2) is 37.0 Å². The van der Waals surface area contributed by atoms with Gasteiger partial charge in [-0.15, -0.1) is 0 Å². The van der Waals surface area contributed by atoms with Gasteiger partial charge in [-0.3, -0.25) is 4.79 Å². The maximum absolute atomic E-state index is 12.4. The largest absolute Gasteiger partial charge is 0.465 e. The number of ether oxygens (including phenoxy) is 2. The van der Waals surface area contributed by atoms with E-state index in [2.05, 4.69) is 10.3 Å². The number of amides is 1. The molecule has 0 aliphatic carbocycles. The van der Waals surface area contributed by atoms with Gasteiger partial charge in [-0.05, 0) is 36.2 Å². The molecule has 1 aromatic heterocycles. The van der Waals surface area contributed by atoms with E-state index in [9.17, 15) is 14.4 Å². The molecule has 144 valence electrons. The van der Waals surface area contributed by atoms with Crippen LogP contribution in [0.5, 0.6) is 0 Å². The molecule has 0 unspecified atom stereocenters. The Morgan fingerprint density at radius 1 is 0.964 bits per heavy atom. The SMILES string of the molecule is COC(=O)c1cc(NC(=O)CCc2c[nH]c3ccccc23)cc(C(=O)OC)c1. The lowest BCUT2D eigenvalue weighted by atomic mass is 10.1. The van der Waals surface area contributed by atoms with Crippen molar-refractivity contribution in [2.24, 2.45) is 0 Å². The molecule has 1 amide bonds. The number of hydrogen-bond donors (Lipinski definition) is 2. The summed E-state index contributed by atoms with van der Waals surface area (Å²) >= 11 is 0. The molecule has 0 saturated carbocycles. The molecule has 3 rings (SSSR count). The summed E-state index contributed by atoms with van der Waals surface area (Å²) < 4.78 is 9.39. The van der Waals surface area contributed by atoms with Gasteiger partial charge in [0.2, 0.25) is 5.91 Å². The van der Waals surface area contributed by atoms with Crippen LogP contribution in [0, 0.1) is 0 Å². The molecule has 3 aromatic rings. The summed E-state index contributed by atoms with van der Waals surface area (Å²) in [7, 11) is 2.49. The van der Waals surface area contributed by atoms with Gasteiger partial charge in [0.05, 0.1) is 25.3 Å². The second-order valence-corrected chi connectivity index (χ2v) is 6.19. The second kappa shape index (κ2) is 8.39. The Morgan fingerprint density at radius 2 is 1.61 bits per heavy atom. The summed E-state index contributed by atoms with van der Waals surface area (Å²) in [4.78, 5) is 39.2. The van der Waals surface area contributed by atoms with Crippen molar-refractivity contribution in [3.8, 4) is 0 Å². The Labute approximate surface area is 161 Å². The predicted molar refractivity (Wildman–Crippen MR) is 104 cm³/mol. The number of para-hydroxylation sites is 1. The third kappa shape index (κ3) is 4.20. The number of hydrogen-bond acceptors (Lipinski definition) is 5. The van der Waals surface area contributed by atoms with Gasteiger partial charge in [0.1, 0.15) is 0 Å². The first-order valence-electron chi connectivity index (χ1n) is 8.68. The molecular formula is C21H20N2O5. The molecule has 7 heteroatoms. The van der Waals surface area contributed by atoms with Crippen molar-refractivity contribution in [3.05, 3.63) is 65.4 Å². The lowest BCUT2D eigenvalue weighted by Crippen LogP contribution is -2.14. The molecule has 0 saturated heterocycles. The van der Waals surface area contributed by atoms with Crippen molar-refractivity contribution >= 4 is 34.4 Å². The Bertz CT molecular complexity index is 1000. The van der Waals surface area contributed by atoms with E-state index in [0.29, 0.717) is 12.1 Å². The maximum atomic E-state index is 12.4. The van der Waals surface area contributed by atoms with Crippen molar-refractivity contribution in [2.75, 3.05) is 19.5 Å². The van der Waals surface area contributed by atoms with Crippen molar-refractivity contribution in [1.82, 2.24) is 4.98 Å². The first-order chi connectivity index (χ1) is 13.5. The standard InChI is InChI=1S/C21H20N2O5/c1-27-20(25)14-9-15(21(26)28-2)11-16(10-14)23-19(24)8-7-13-12-22-18-6-4-3-5-17(13)18/h3-6,9-12,22H,7-8H2,1-2H3,(H,23,24).